The van der Waals surface area contributed by atoms with Crippen LogP contribution < -0.4 is 0 Å². The molecule has 1 aromatic heterocycles. The number of ether oxygens (including phenoxy) is 1. The molecule has 0 aromatic carbocycles. The highest BCUT2D eigenvalue weighted by molar-refractivity contribution is 7.99. The largest absolute Gasteiger partial charge is 0.480 e. The Kier molecular flexibility index (Phi) is 3.79. The summed E-state index contributed by atoms with van der Waals surface area (Å²) in [7, 11) is 0. The molecule has 2 rings (SSSR count). The number of hydrogen-bond acceptors (Lipinski definition) is 6. The van der Waals surface area contributed by atoms with E-state index in [1.54, 1.807) is 11.8 Å². The Morgan fingerprint density at radius 1 is 1.62 bits per heavy atom. The van der Waals surface area contributed by atoms with Gasteiger partial charge in [-0.1, -0.05) is 0 Å². The first-order chi connectivity index (χ1) is 7.75. The summed E-state index contributed by atoms with van der Waals surface area (Å²) >= 11 is 1.81. The van der Waals surface area contributed by atoms with Crippen LogP contribution in [0.4, 0.5) is 0 Å². The van der Waals surface area contributed by atoms with Crippen molar-refractivity contribution in [2.75, 3.05) is 12.4 Å². The van der Waals surface area contributed by atoms with E-state index in [1.165, 1.54) is 6.42 Å². The minimum Gasteiger partial charge on any atom is -0.480 e. The first-order valence-corrected chi connectivity index (χ1v) is 6.04. The SMILES string of the molecule is O=C(O)COCc1nnc(C2CCCS2)o1. The van der Waals surface area contributed by atoms with Crippen molar-refractivity contribution in [2.45, 2.75) is 24.7 Å². The fraction of sp³-hybridized carbons (Fsp3) is 0.667. The summed E-state index contributed by atoms with van der Waals surface area (Å²) in [5, 5.41) is 16.4. The van der Waals surface area contributed by atoms with E-state index in [0.29, 0.717) is 17.0 Å². The molecular weight excluding hydrogens is 232 g/mol. The van der Waals surface area contributed by atoms with Crippen LogP contribution in [0, 0.1) is 0 Å². The fourth-order valence-electron chi connectivity index (χ4n) is 1.45. The molecule has 0 aliphatic carbocycles. The molecule has 1 unspecified atom stereocenters. The van der Waals surface area contributed by atoms with Gasteiger partial charge >= 0.3 is 5.97 Å². The van der Waals surface area contributed by atoms with Gasteiger partial charge in [-0.2, -0.15) is 0 Å². The lowest BCUT2D eigenvalue weighted by molar-refractivity contribution is -0.142. The number of carboxylic acids is 1. The molecule has 1 fully saturated rings. The molecule has 0 radical (unpaired) electrons. The van der Waals surface area contributed by atoms with Gasteiger partial charge < -0.3 is 14.3 Å². The van der Waals surface area contributed by atoms with Crippen LogP contribution in [-0.4, -0.2) is 33.6 Å². The van der Waals surface area contributed by atoms with E-state index >= 15 is 0 Å². The molecule has 1 aromatic rings. The Morgan fingerprint density at radius 3 is 3.19 bits per heavy atom. The molecule has 6 nitrogen and oxygen atoms in total. The Labute approximate surface area is 96.4 Å². The summed E-state index contributed by atoms with van der Waals surface area (Å²) in [6.07, 6.45) is 2.23. The van der Waals surface area contributed by atoms with Crippen LogP contribution in [0.1, 0.15) is 29.9 Å². The van der Waals surface area contributed by atoms with Crippen molar-refractivity contribution in [3.63, 3.8) is 0 Å². The summed E-state index contributed by atoms with van der Waals surface area (Å²) in [6, 6.07) is 0. The summed E-state index contributed by atoms with van der Waals surface area (Å²) in [6.45, 7) is -0.299. The van der Waals surface area contributed by atoms with Gasteiger partial charge in [-0.05, 0) is 18.6 Å². The number of carboxylic acid groups (broad SMARTS) is 1. The summed E-state index contributed by atoms with van der Waals surface area (Å²) in [4.78, 5) is 10.2. The van der Waals surface area contributed by atoms with Crippen molar-refractivity contribution in [1.82, 2.24) is 10.2 Å². The fourth-order valence-corrected chi connectivity index (χ4v) is 2.64. The Bertz CT molecular complexity index is 362. The Hall–Kier alpha value is -1.08. The number of nitrogens with zero attached hydrogens (tertiary/aromatic N) is 2. The van der Waals surface area contributed by atoms with E-state index in [4.69, 9.17) is 14.3 Å². The van der Waals surface area contributed by atoms with Crippen LogP contribution in [0.5, 0.6) is 0 Å². The standard InChI is InChI=1S/C9H12N2O4S/c12-8(13)5-14-4-7-10-11-9(15-7)6-2-1-3-16-6/h6H,1-5H2,(H,12,13). The van der Waals surface area contributed by atoms with Gasteiger partial charge in [0.05, 0.1) is 5.25 Å². The average molecular weight is 244 g/mol. The van der Waals surface area contributed by atoms with Crippen LogP contribution in [-0.2, 0) is 16.1 Å². The zero-order valence-corrected chi connectivity index (χ0v) is 9.40. The molecule has 16 heavy (non-hydrogen) atoms. The van der Waals surface area contributed by atoms with Crippen LogP contribution in [0.15, 0.2) is 4.42 Å². The van der Waals surface area contributed by atoms with Gasteiger partial charge in [0.2, 0.25) is 11.8 Å². The predicted molar refractivity (Wildman–Crippen MR) is 56.0 cm³/mol. The van der Waals surface area contributed by atoms with Gasteiger partial charge in [0.1, 0.15) is 13.2 Å². The Balaban J connectivity index is 1.84. The molecule has 0 amide bonds. The van der Waals surface area contributed by atoms with Crippen molar-refractivity contribution < 1.29 is 19.1 Å². The van der Waals surface area contributed by atoms with Gasteiger partial charge in [-0.25, -0.2) is 4.79 Å². The van der Waals surface area contributed by atoms with E-state index in [2.05, 4.69) is 10.2 Å². The third-order valence-corrected chi connectivity index (χ3v) is 3.50. The second-order valence-corrected chi connectivity index (χ2v) is 4.73. The number of rotatable bonds is 5. The number of carbonyl (C=O) groups is 1. The van der Waals surface area contributed by atoms with Crippen molar-refractivity contribution in [3.8, 4) is 0 Å². The van der Waals surface area contributed by atoms with Crippen molar-refractivity contribution >= 4 is 17.7 Å². The summed E-state index contributed by atoms with van der Waals surface area (Å²) in [5.74, 6) is 1.07. The van der Waals surface area contributed by atoms with Crippen molar-refractivity contribution in [2.24, 2.45) is 0 Å². The second kappa shape index (κ2) is 5.31. The lowest BCUT2D eigenvalue weighted by Crippen LogP contribution is -2.06. The molecule has 1 saturated heterocycles. The lowest BCUT2D eigenvalue weighted by Gasteiger charge is -2.00. The molecule has 0 bridgehead atoms. The Morgan fingerprint density at radius 2 is 2.50 bits per heavy atom. The highest BCUT2D eigenvalue weighted by Crippen LogP contribution is 2.38. The van der Waals surface area contributed by atoms with Crippen LogP contribution in [0.2, 0.25) is 0 Å². The molecular formula is C9H12N2O4S. The van der Waals surface area contributed by atoms with Crippen molar-refractivity contribution in [3.05, 3.63) is 11.8 Å². The quantitative estimate of drug-likeness (QED) is 0.833. The maximum atomic E-state index is 10.2. The minimum atomic E-state index is -1.01. The first-order valence-electron chi connectivity index (χ1n) is 4.99. The highest BCUT2D eigenvalue weighted by Gasteiger charge is 2.23. The van der Waals surface area contributed by atoms with Gasteiger partial charge in [0.25, 0.3) is 0 Å². The molecule has 1 atom stereocenters. The van der Waals surface area contributed by atoms with Gasteiger partial charge in [0, 0.05) is 0 Å². The maximum absolute atomic E-state index is 10.2. The zero-order chi connectivity index (χ0) is 11.4. The number of thioether (sulfide) groups is 1. The van der Waals surface area contributed by atoms with Gasteiger partial charge in [-0.15, -0.1) is 22.0 Å². The average Bonchev–Trinajstić information content (AvgIpc) is 2.85. The lowest BCUT2D eigenvalue weighted by atomic mass is 10.2. The normalized spacial score (nSPS) is 20.1. The molecule has 2 heterocycles. The van der Waals surface area contributed by atoms with E-state index in [9.17, 15) is 4.79 Å². The number of hydrogen-bond donors (Lipinski definition) is 1. The molecule has 7 heteroatoms. The van der Waals surface area contributed by atoms with E-state index in [1.807, 2.05) is 0 Å². The number of aliphatic carboxylic acids is 1. The molecule has 0 saturated carbocycles. The molecule has 0 spiro atoms. The number of aromatic nitrogens is 2. The smallest absolute Gasteiger partial charge is 0.329 e. The summed E-state index contributed by atoms with van der Waals surface area (Å²) in [5.41, 5.74) is 0. The molecule has 1 N–H and O–H groups in total. The van der Waals surface area contributed by atoms with Crippen LogP contribution >= 0.6 is 11.8 Å². The van der Waals surface area contributed by atoms with Gasteiger partial charge in [-0.3, -0.25) is 0 Å². The maximum Gasteiger partial charge on any atom is 0.329 e. The minimum absolute atomic E-state index is 0.0523. The topological polar surface area (TPSA) is 85.5 Å². The van der Waals surface area contributed by atoms with E-state index in [-0.39, 0.29) is 13.2 Å². The highest BCUT2D eigenvalue weighted by atomic mass is 32.2. The van der Waals surface area contributed by atoms with Crippen LogP contribution in [0.25, 0.3) is 0 Å². The van der Waals surface area contributed by atoms with Crippen LogP contribution in [0.3, 0.4) is 0 Å². The third-order valence-electron chi connectivity index (χ3n) is 2.14. The zero-order valence-electron chi connectivity index (χ0n) is 8.59. The first kappa shape index (κ1) is 11.4. The monoisotopic (exact) mass is 244 g/mol. The molecule has 1 aliphatic heterocycles. The van der Waals surface area contributed by atoms with Gasteiger partial charge in [0.15, 0.2) is 0 Å². The third kappa shape index (κ3) is 2.96. The van der Waals surface area contributed by atoms with Crippen molar-refractivity contribution in [1.29, 1.82) is 0 Å². The molecule has 1 aliphatic rings. The second-order valence-electron chi connectivity index (χ2n) is 3.42. The van der Waals surface area contributed by atoms with E-state index in [0.717, 1.165) is 12.2 Å². The predicted octanol–water partition coefficient (Wildman–Crippen LogP) is 1.24. The summed E-state index contributed by atoms with van der Waals surface area (Å²) < 4.78 is 10.2. The van der Waals surface area contributed by atoms with E-state index < -0.39 is 5.97 Å². The molecule has 88 valence electrons.